The molecule has 1 aromatic heterocycles. The number of halogens is 1. The quantitative estimate of drug-likeness (QED) is 0.854. The summed E-state index contributed by atoms with van der Waals surface area (Å²) in [6.45, 7) is 0. The summed E-state index contributed by atoms with van der Waals surface area (Å²) >= 11 is 7.80. The molecule has 4 rings (SSSR count). The molecule has 0 bridgehead atoms. The normalized spacial score (nSPS) is 21.4. The van der Waals surface area contributed by atoms with E-state index >= 15 is 0 Å². The third-order valence-electron chi connectivity index (χ3n) is 4.74. The number of nitrogens with zero attached hydrogens (tertiary/aromatic N) is 1. The third-order valence-corrected chi connectivity index (χ3v) is 6.34. The van der Waals surface area contributed by atoms with E-state index in [0.717, 1.165) is 31.2 Å². The van der Waals surface area contributed by atoms with E-state index in [0.29, 0.717) is 22.2 Å². The number of nitrogens with one attached hydrogen (secondary N) is 2. The lowest BCUT2D eigenvalue weighted by Gasteiger charge is -2.17. The van der Waals surface area contributed by atoms with E-state index in [-0.39, 0.29) is 22.8 Å². The Morgan fingerprint density at radius 2 is 1.92 bits per heavy atom. The molecule has 7 heteroatoms. The molecule has 1 aliphatic carbocycles. The van der Waals surface area contributed by atoms with Gasteiger partial charge in [0.15, 0.2) is 0 Å². The van der Waals surface area contributed by atoms with Gasteiger partial charge in [-0.15, -0.1) is 11.8 Å². The van der Waals surface area contributed by atoms with Crippen molar-refractivity contribution in [3.63, 3.8) is 0 Å². The van der Waals surface area contributed by atoms with Crippen molar-refractivity contribution >= 4 is 35.1 Å². The average Bonchev–Trinajstić information content (AvgIpc) is 3.15. The second-order valence-corrected chi connectivity index (χ2v) is 7.77. The first-order valence-electron chi connectivity index (χ1n) is 8.15. The van der Waals surface area contributed by atoms with Gasteiger partial charge in [0, 0.05) is 5.02 Å². The molecule has 1 atom stereocenters. The number of aromatic nitrogens is 2. The van der Waals surface area contributed by atoms with Crippen molar-refractivity contribution in [3.05, 3.63) is 50.8 Å². The molecule has 5 nitrogen and oxygen atoms in total. The van der Waals surface area contributed by atoms with Gasteiger partial charge in [-0.1, -0.05) is 42.6 Å². The van der Waals surface area contributed by atoms with Crippen LogP contribution >= 0.6 is 23.4 Å². The minimum atomic E-state index is -0.251. The summed E-state index contributed by atoms with van der Waals surface area (Å²) in [5.74, 6) is 0.836. The number of benzene rings is 1. The van der Waals surface area contributed by atoms with Gasteiger partial charge < -0.3 is 5.32 Å². The molecule has 1 aromatic carbocycles. The van der Waals surface area contributed by atoms with Crippen molar-refractivity contribution in [1.82, 2.24) is 9.78 Å². The second kappa shape index (κ2) is 6.33. The van der Waals surface area contributed by atoms with Gasteiger partial charge in [-0.05, 0) is 24.5 Å². The van der Waals surface area contributed by atoms with E-state index in [4.69, 9.17) is 11.6 Å². The largest absolute Gasteiger partial charge is 0.310 e. The van der Waals surface area contributed by atoms with Crippen LogP contribution in [0.4, 0.5) is 5.82 Å². The van der Waals surface area contributed by atoms with Crippen LogP contribution in [0, 0.1) is 0 Å². The molecule has 0 saturated heterocycles. The monoisotopic (exact) mass is 363 g/mol. The molecule has 2 aromatic rings. The third kappa shape index (κ3) is 2.67. The number of anilines is 1. The predicted molar refractivity (Wildman–Crippen MR) is 96.9 cm³/mol. The molecular formula is C17H18ClN3O2S. The fourth-order valence-electron chi connectivity index (χ4n) is 3.61. The van der Waals surface area contributed by atoms with Crippen LogP contribution in [-0.2, 0) is 4.79 Å². The first kappa shape index (κ1) is 15.8. The average molecular weight is 364 g/mol. The molecule has 1 fully saturated rings. The fraction of sp³-hybridized carbons (Fsp3) is 0.412. The van der Waals surface area contributed by atoms with Crippen LogP contribution < -0.4 is 10.9 Å². The van der Waals surface area contributed by atoms with Gasteiger partial charge in [0.05, 0.1) is 22.6 Å². The lowest BCUT2D eigenvalue weighted by molar-refractivity contribution is -0.113. The molecule has 24 heavy (non-hydrogen) atoms. The number of carbonyl (C=O) groups excluding carboxylic acids is 1. The van der Waals surface area contributed by atoms with Crippen molar-refractivity contribution in [1.29, 1.82) is 0 Å². The predicted octanol–water partition coefficient (Wildman–Crippen LogP) is 3.72. The van der Waals surface area contributed by atoms with Crippen LogP contribution in [0.5, 0.6) is 0 Å². The second-order valence-electron chi connectivity index (χ2n) is 6.27. The molecule has 1 aliphatic heterocycles. The molecule has 2 heterocycles. The molecule has 1 amide bonds. The van der Waals surface area contributed by atoms with Gasteiger partial charge in [0.25, 0.3) is 5.56 Å². The van der Waals surface area contributed by atoms with Crippen LogP contribution in [0.2, 0.25) is 5.02 Å². The fourth-order valence-corrected chi connectivity index (χ4v) is 5.08. The highest BCUT2D eigenvalue weighted by molar-refractivity contribution is 8.00. The van der Waals surface area contributed by atoms with Gasteiger partial charge in [-0.25, -0.2) is 0 Å². The zero-order chi connectivity index (χ0) is 16.7. The molecule has 1 saturated carbocycles. The number of carbonyl (C=O) groups is 1. The smallest absolute Gasteiger partial charge is 0.270 e. The summed E-state index contributed by atoms with van der Waals surface area (Å²) in [5, 5.41) is 6.25. The van der Waals surface area contributed by atoms with Gasteiger partial charge in [0.1, 0.15) is 5.82 Å². The first-order chi connectivity index (χ1) is 11.6. The summed E-state index contributed by atoms with van der Waals surface area (Å²) in [6.07, 6.45) is 4.35. The standard InChI is InChI=1S/C17H18ClN3O2S/c18-12-8-4-3-7-11(12)15-14-16(19-13(22)9-24-15)21(20-17(14)23)10-5-1-2-6-10/h3-4,7-8,10,15H,1-2,5-6,9H2,(H,19,22)(H,20,23)/t15-/m0/s1. The molecule has 126 valence electrons. The van der Waals surface area contributed by atoms with Crippen LogP contribution in [-0.4, -0.2) is 21.4 Å². The van der Waals surface area contributed by atoms with Gasteiger partial charge in [-0.3, -0.25) is 19.4 Å². The van der Waals surface area contributed by atoms with E-state index in [1.54, 1.807) is 0 Å². The number of aromatic amines is 1. The number of thioether (sulfide) groups is 1. The van der Waals surface area contributed by atoms with Gasteiger partial charge >= 0.3 is 0 Å². The summed E-state index contributed by atoms with van der Waals surface area (Å²) in [5.41, 5.74) is 1.33. The van der Waals surface area contributed by atoms with Gasteiger partial charge in [-0.2, -0.15) is 0 Å². The lowest BCUT2D eigenvalue weighted by atomic mass is 10.1. The number of hydrogen-bond donors (Lipinski definition) is 2. The Bertz CT molecular complexity index is 839. The molecule has 2 N–H and O–H groups in total. The van der Waals surface area contributed by atoms with E-state index < -0.39 is 0 Å². The van der Waals surface area contributed by atoms with Crippen molar-refractivity contribution in [2.45, 2.75) is 37.0 Å². The minimum absolute atomic E-state index is 0.0819. The summed E-state index contributed by atoms with van der Waals surface area (Å²) in [6, 6.07) is 7.76. The van der Waals surface area contributed by atoms with Crippen LogP contribution in [0.3, 0.4) is 0 Å². The minimum Gasteiger partial charge on any atom is -0.310 e. The Morgan fingerprint density at radius 1 is 1.17 bits per heavy atom. The van der Waals surface area contributed by atoms with Crippen LogP contribution in [0.1, 0.15) is 48.1 Å². The Morgan fingerprint density at radius 3 is 2.67 bits per heavy atom. The summed E-state index contributed by atoms with van der Waals surface area (Å²) in [4.78, 5) is 24.9. The Kier molecular flexibility index (Phi) is 4.18. The van der Waals surface area contributed by atoms with Crippen molar-refractivity contribution in [2.75, 3.05) is 11.1 Å². The Hall–Kier alpha value is -1.66. The number of hydrogen-bond acceptors (Lipinski definition) is 3. The van der Waals surface area contributed by atoms with E-state index in [2.05, 4.69) is 10.4 Å². The highest BCUT2D eigenvalue weighted by Gasteiger charge is 2.33. The number of amides is 1. The Balaban J connectivity index is 1.87. The number of rotatable bonds is 2. The van der Waals surface area contributed by atoms with Crippen molar-refractivity contribution in [3.8, 4) is 0 Å². The highest BCUT2D eigenvalue weighted by Crippen LogP contribution is 2.43. The Labute approximate surface area is 148 Å². The SMILES string of the molecule is O=C1CS[C@@H](c2ccccc2Cl)c2c(n(C3CCCC3)[nH]c2=O)N1. The molecule has 0 unspecified atom stereocenters. The van der Waals surface area contributed by atoms with Gasteiger partial charge in [0.2, 0.25) is 5.91 Å². The van der Waals surface area contributed by atoms with Crippen LogP contribution in [0.15, 0.2) is 29.1 Å². The molecular weight excluding hydrogens is 346 g/mol. The number of H-pyrrole nitrogens is 1. The van der Waals surface area contributed by atoms with Crippen LogP contribution in [0.25, 0.3) is 0 Å². The molecule has 0 radical (unpaired) electrons. The maximum Gasteiger partial charge on any atom is 0.270 e. The summed E-state index contributed by atoms with van der Waals surface area (Å²) in [7, 11) is 0. The first-order valence-corrected chi connectivity index (χ1v) is 9.58. The number of fused-ring (bicyclic) bond motifs is 1. The van der Waals surface area contributed by atoms with E-state index in [1.165, 1.54) is 11.8 Å². The van der Waals surface area contributed by atoms with Crippen molar-refractivity contribution in [2.24, 2.45) is 0 Å². The summed E-state index contributed by atoms with van der Waals surface area (Å²) < 4.78 is 1.87. The lowest BCUT2D eigenvalue weighted by Crippen LogP contribution is -2.18. The molecule has 0 spiro atoms. The zero-order valence-corrected chi connectivity index (χ0v) is 14.6. The topological polar surface area (TPSA) is 66.9 Å². The molecule has 2 aliphatic rings. The van der Waals surface area contributed by atoms with E-state index in [1.807, 2.05) is 28.9 Å². The maximum atomic E-state index is 12.7. The maximum absolute atomic E-state index is 12.7. The zero-order valence-electron chi connectivity index (χ0n) is 13.0. The van der Waals surface area contributed by atoms with E-state index in [9.17, 15) is 9.59 Å². The highest BCUT2D eigenvalue weighted by atomic mass is 35.5. The van der Waals surface area contributed by atoms with Crippen molar-refractivity contribution < 1.29 is 4.79 Å².